The summed E-state index contributed by atoms with van der Waals surface area (Å²) < 4.78 is 41.5. The molecule has 228 valence electrons. The third kappa shape index (κ3) is 8.23. The average molecular weight is 614 g/mol. The van der Waals surface area contributed by atoms with Crippen LogP contribution in [0.4, 0.5) is 4.39 Å². The summed E-state index contributed by atoms with van der Waals surface area (Å²) in [6, 6.07) is 12.6. The number of carbonyl (C=O) groups excluding carboxylic acids is 4. The Balaban J connectivity index is 1.70. The molecule has 1 fully saturated rings. The van der Waals surface area contributed by atoms with Crippen LogP contribution in [0.1, 0.15) is 55.4 Å². The van der Waals surface area contributed by atoms with Gasteiger partial charge in [0.1, 0.15) is 18.8 Å². The largest absolute Gasteiger partial charge is 0.463 e. The van der Waals surface area contributed by atoms with Crippen LogP contribution in [0.2, 0.25) is 0 Å². The molecule has 0 spiro atoms. The minimum atomic E-state index is -1.25. The number of ether oxygens (including phenoxy) is 5. The Kier molecular flexibility index (Phi) is 10.3. The van der Waals surface area contributed by atoms with Gasteiger partial charge in [-0.15, -0.1) is 11.3 Å². The average Bonchev–Trinajstić information content (AvgIpc) is 3.39. The molecular weight excluding hydrogens is 581 g/mol. The van der Waals surface area contributed by atoms with E-state index in [1.54, 1.807) is 17.4 Å². The summed E-state index contributed by atoms with van der Waals surface area (Å²) in [5.74, 6) is -3.18. The lowest BCUT2D eigenvalue weighted by molar-refractivity contribution is -0.254. The smallest absolute Gasteiger partial charge is 0.303 e. The number of aryl methyl sites for hydroxylation is 1. The van der Waals surface area contributed by atoms with E-state index >= 15 is 0 Å². The van der Waals surface area contributed by atoms with Crippen LogP contribution in [0.3, 0.4) is 0 Å². The van der Waals surface area contributed by atoms with Gasteiger partial charge in [-0.05, 0) is 47.9 Å². The Hall–Kier alpha value is -4.16. The van der Waals surface area contributed by atoms with Crippen molar-refractivity contribution in [3.05, 3.63) is 76.2 Å². The molecule has 0 radical (unpaired) electrons. The first-order chi connectivity index (χ1) is 20.4. The van der Waals surface area contributed by atoms with Crippen molar-refractivity contribution >= 4 is 35.2 Å². The van der Waals surface area contributed by atoms with Crippen LogP contribution in [0.25, 0.3) is 10.4 Å². The van der Waals surface area contributed by atoms with E-state index in [0.717, 1.165) is 26.4 Å². The normalized spacial score (nSPS) is 21.5. The fourth-order valence-electron chi connectivity index (χ4n) is 4.89. The van der Waals surface area contributed by atoms with E-state index in [4.69, 9.17) is 23.7 Å². The number of carbonyl (C=O) groups is 4. The fraction of sp³-hybridized carbons (Fsp3) is 0.387. The summed E-state index contributed by atoms with van der Waals surface area (Å²) in [5.41, 5.74) is 3.36. The first-order valence-electron chi connectivity index (χ1n) is 13.5. The number of nitrogens with zero attached hydrogens (tertiary/aromatic N) is 1. The molecule has 2 aromatic heterocycles. The topological polar surface area (TPSA) is 127 Å². The van der Waals surface area contributed by atoms with Gasteiger partial charge in [0.05, 0.1) is 0 Å². The van der Waals surface area contributed by atoms with Gasteiger partial charge in [0.15, 0.2) is 18.3 Å². The number of esters is 4. The molecule has 43 heavy (non-hydrogen) atoms. The number of benzene rings is 1. The molecule has 4 rings (SSSR count). The van der Waals surface area contributed by atoms with Gasteiger partial charge in [0.2, 0.25) is 5.95 Å². The molecule has 3 unspecified atom stereocenters. The van der Waals surface area contributed by atoms with E-state index in [9.17, 15) is 23.6 Å². The van der Waals surface area contributed by atoms with Crippen LogP contribution in [0.15, 0.2) is 48.7 Å². The van der Waals surface area contributed by atoms with Crippen molar-refractivity contribution in [2.24, 2.45) is 0 Å². The van der Waals surface area contributed by atoms with E-state index < -0.39 is 60.3 Å². The van der Waals surface area contributed by atoms with E-state index in [1.165, 1.54) is 40.0 Å². The predicted molar refractivity (Wildman–Crippen MR) is 152 cm³/mol. The quantitative estimate of drug-likeness (QED) is 0.191. The molecule has 3 aromatic rings. The van der Waals surface area contributed by atoms with Crippen LogP contribution in [-0.2, 0) is 49.3 Å². The highest BCUT2D eigenvalue weighted by molar-refractivity contribution is 7.15. The Morgan fingerprint density at radius 1 is 0.860 bits per heavy atom. The minimum Gasteiger partial charge on any atom is -0.463 e. The molecule has 0 aliphatic carbocycles. The third-order valence-electron chi connectivity index (χ3n) is 6.73. The number of hydrogen-bond acceptors (Lipinski definition) is 11. The molecule has 0 bridgehead atoms. The highest BCUT2D eigenvalue weighted by Crippen LogP contribution is 2.39. The predicted octanol–water partition coefficient (Wildman–Crippen LogP) is 4.65. The molecule has 0 amide bonds. The summed E-state index contributed by atoms with van der Waals surface area (Å²) >= 11 is 1.55. The maximum atomic E-state index is 13.3. The lowest BCUT2D eigenvalue weighted by Crippen LogP contribution is -2.59. The van der Waals surface area contributed by atoms with Crippen molar-refractivity contribution in [3.8, 4) is 10.4 Å². The van der Waals surface area contributed by atoms with Crippen molar-refractivity contribution in [2.45, 2.75) is 71.6 Å². The highest BCUT2D eigenvalue weighted by Gasteiger charge is 2.52. The van der Waals surface area contributed by atoms with Crippen molar-refractivity contribution in [2.75, 3.05) is 6.61 Å². The standard InChI is InChI=1S/C31H32FNO9S/c1-16-6-7-21(12-23(16)13-24-9-10-26(43-24)22-8-11-27(32)33-14-22)28-30(40-19(4)36)31(41-20(5)37)29(39-18(3)35)25(42-28)15-38-17(2)34/h6-12,14,25,28-31H,13,15H2,1-5H3/t25?,28?,29-,30+,31?/m1/s1. The Labute approximate surface area is 252 Å². The molecule has 0 N–H and O–H groups in total. The summed E-state index contributed by atoms with van der Waals surface area (Å²) in [6.07, 6.45) is -3.62. The second-order valence-electron chi connectivity index (χ2n) is 10.1. The molecule has 1 saturated heterocycles. The van der Waals surface area contributed by atoms with Crippen LogP contribution in [-0.4, -0.2) is 59.9 Å². The number of thiophene rings is 1. The number of aromatic nitrogens is 1. The molecule has 10 nitrogen and oxygen atoms in total. The van der Waals surface area contributed by atoms with Crippen molar-refractivity contribution in [1.29, 1.82) is 0 Å². The number of hydrogen-bond donors (Lipinski definition) is 0. The third-order valence-corrected chi connectivity index (χ3v) is 7.87. The fourth-order valence-corrected chi connectivity index (χ4v) is 5.91. The van der Waals surface area contributed by atoms with Gasteiger partial charge in [-0.1, -0.05) is 18.2 Å². The Bertz CT molecular complexity index is 1490. The molecule has 12 heteroatoms. The van der Waals surface area contributed by atoms with Gasteiger partial charge in [-0.2, -0.15) is 4.39 Å². The van der Waals surface area contributed by atoms with Crippen LogP contribution < -0.4 is 0 Å². The first-order valence-corrected chi connectivity index (χ1v) is 14.3. The summed E-state index contributed by atoms with van der Waals surface area (Å²) in [5, 5.41) is 0. The second kappa shape index (κ2) is 13.9. The van der Waals surface area contributed by atoms with Crippen LogP contribution >= 0.6 is 11.3 Å². The zero-order valence-corrected chi connectivity index (χ0v) is 25.1. The van der Waals surface area contributed by atoms with E-state index in [-0.39, 0.29) is 6.61 Å². The van der Waals surface area contributed by atoms with Crippen molar-refractivity contribution in [1.82, 2.24) is 4.98 Å². The highest BCUT2D eigenvalue weighted by atomic mass is 32.1. The maximum Gasteiger partial charge on any atom is 0.303 e. The maximum absolute atomic E-state index is 13.3. The number of pyridine rings is 1. The van der Waals surface area contributed by atoms with Crippen LogP contribution in [0.5, 0.6) is 0 Å². The molecule has 3 heterocycles. The van der Waals surface area contributed by atoms with Gasteiger partial charge in [0, 0.05) is 55.6 Å². The van der Waals surface area contributed by atoms with Gasteiger partial charge in [0.25, 0.3) is 0 Å². The second-order valence-corrected chi connectivity index (χ2v) is 11.3. The Morgan fingerprint density at radius 2 is 1.53 bits per heavy atom. The SMILES string of the molecule is CC(=O)OCC1OC(c2ccc(C)c(Cc3ccc(-c4ccc(F)nc4)s3)c2)[C@H](OC(C)=O)C(OC(C)=O)[C@@H]1OC(C)=O. The zero-order chi connectivity index (χ0) is 31.3. The number of halogens is 1. The molecule has 5 atom stereocenters. The van der Waals surface area contributed by atoms with Gasteiger partial charge < -0.3 is 23.7 Å². The lowest BCUT2D eigenvalue weighted by Gasteiger charge is -2.44. The number of rotatable bonds is 9. The molecule has 1 aromatic carbocycles. The molecule has 1 aliphatic rings. The molecule has 0 saturated carbocycles. The summed E-state index contributed by atoms with van der Waals surface area (Å²) in [4.78, 5) is 53.8. The molecule has 1 aliphatic heterocycles. The summed E-state index contributed by atoms with van der Waals surface area (Å²) in [6.45, 7) is 6.45. The van der Waals surface area contributed by atoms with Gasteiger partial charge in [-0.3, -0.25) is 19.2 Å². The minimum absolute atomic E-state index is 0.302. The monoisotopic (exact) mass is 613 g/mol. The molecular formula is C31H32FNO9S. The van der Waals surface area contributed by atoms with E-state index in [2.05, 4.69) is 4.98 Å². The van der Waals surface area contributed by atoms with Crippen LogP contribution in [0, 0.1) is 12.9 Å². The van der Waals surface area contributed by atoms with Gasteiger partial charge in [-0.25, -0.2) is 4.98 Å². The Morgan fingerprint density at radius 3 is 2.16 bits per heavy atom. The van der Waals surface area contributed by atoms with E-state index in [1.807, 2.05) is 37.3 Å². The van der Waals surface area contributed by atoms with Gasteiger partial charge >= 0.3 is 23.9 Å². The lowest BCUT2D eigenvalue weighted by atomic mass is 9.88. The van der Waals surface area contributed by atoms with Crippen molar-refractivity contribution < 1.29 is 47.3 Å². The van der Waals surface area contributed by atoms with Crippen molar-refractivity contribution in [3.63, 3.8) is 0 Å². The summed E-state index contributed by atoms with van der Waals surface area (Å²) in [7, 11) is 0. The zero-order valence-electron chi connectivity index (χ0n) is 24.3. The first kappa shape index (κ1) is 31.8. The van der Waals surface area contributed by atoms with E-state index in [0.29, 0.717) is 12.0 Å².